The highest BCUT2D eigenvalue weighted by Crippen LogP contribution is 2.34. The first-order valence-electron chi connectivity index (χ1n) is 6.71. The van der Waals surface area contributed by atoms with Gasteiger partial charge in [-0.1, -0.05) is 18.6 Å². The Morgan fingerprint density at radius 2 is 2.22 bits per heavy atom. The largest absolute Gasteiger partial charge is 0.293 e. The van der Waals surface area contributed by atoms with Crippen LogP contribution in [0.3, 0.4) is 0 Å². The van der Waals surface area contributed by atoms with Crippen LogP contribution in [0.15, 0.2) is 12.2 Å². The molecule has 0 unspecified atom stereocenters. The van der Waals surface area contributed by atoms with E-state index in [-0.39, 0.29) is 11.8 Å². The van der Waals surface area contributed by atoms with Gasteiger partial charge in [-0.05, 0) is 32.1 Å². The molecule has 0 radical (unpaired) electrons. The van der Waals surface area contributed by atoms with Crippen LogP contribution >= 0.6 is 0 Å². The molecule has 0 bridgehead atoms. The second kappa shape index (κ2) is 4.92. The summed E-state index contributed by atoms with van der Waals surface area (Å²) in [6.45, 7) is 0. The first-order chi connectivity index (χ1) is 8.83. The van der Waals surface area contributed by atoms with Crippen molar-refractivity contribution in [3.8, 4) is 0 Å². The van der Waals surface area contributed by atoms with Crippen molar-refractivity contribution >= 4 is 11.9 Å². The van der Waals surface area contributed by atoms with Gasteiger partial charge in [-0.3, -0.25) is 15.2 Å². The van der Waals surface area contributed by atoms with E-state index in [0.29, 0.717) is 11.9 Å². The molecule has 5 heteroatoms. The van der Waals surface area contributed by atoms with Crippen LogP contribution in [-0.4, -0.2) is 21.1 Å². The Morgan fingerprint density at radius 3 is 2.89 bits per heavy atom. The van der Waals surface area contributed by atoms with Gasteiger partial charge >= 0.3 is 0 Å². The number of allylic oxidation sites excluding steroid dienone is 2. The van der Waals surface area contributed by atoms with Gasteiger partial charge in [-0.25, -0.2) is 0 Å². The highest BCUT2D eigenvalue weighted by molar-refractivity contribution is 5.91. The summed E-state index contributed by atoms with van der Waals surface area (Å²) in [5.74, 6) is 1.97. The van der Waals surface area contributed by atoms with E-state index in [4.69, 9.17) is 0 Å². The predicted molar refractivity (Wildman–Crippen MR) is 68.1 cm³/mol. The maximum absolute atomic E-state index is 12.0. The number of aromatic amines is 1. The minimum Gasteiger partial charge on any atom is -0.293 e. The van der Waals surface area contributed by atoms with Crippen LogP contribution in [0, 0.1) is 5.92 Å². The molecule has 2 aliphatic rings. The van der Waals surface area contributed by atoms with E-state index in [1.54, 1.807) is 0 Å². The molecule has 3 rings (SSSR count). The van der Waals surface area contributed by atoms with Crippen LogP contribution in [0.5, 0.6) is 0 Å². The van der Waals surface area contributed by atoms with E-state index in [2.05, 4.69) is 32.7 Å². The number of hydrogen-bond donors (Lipinski definition) is 2. The van der Waals surface area contributed by atoms with Gasteiger partial charge in [0.2, 0.25) is 11.9 Å². The quantitative estimate of drug-likeness (QED) is 0.804. The third-order valence-corrected chi connectivity index (χ3v) is 3.87. The number of H-pyrrole nitrogens is 1. The van der Waals surface area contributed by atoms with Gasteiger partial charge in [0, 0.05) is 11.8 Å². The van der Waals surface area contributed by atoms with Gasteiger partial charge in [0.05, 0.1) is 0 Å². The third kappa shape index (κ3) is 2.30. The highest BCUT2D eigenvalue weighted by atomic mass is 16.2. The summed E-state index contributed by atoms with van der Waals surface area (Å²) in [5.41, 5.74) is 0. The van der Waals surface area contributed by atoms with E-state index < -0.39 is 0 Å². The summed E-state index contributed by atoms with van der Waals surface area (Å²) in [4.78, 5) is 16.3. The molecule has 0 spiro atoms. The van der Waals surface area contributed by atoms with Gasteiger partial charge < -0.3 is 0 Å². The van der Waals surface area contributed by atoms with Crippen molar-refractivity contribution in [3.05, 3.63) is 18.0 Å². The number of hydrogen-bond acceptors (Lipinski definition) is 3. The average molecular weight is 246 g/mol. The van der Waals surface area contributed by atoms with Crippen LogP contribution < -0.4 is 5.32 Å². The Kier molecular flexibility index (Phi) is 3.13. The zero-order chi connectivity index (χ0) is 12.4. The smallest absolute Gasteiger partial charge is 0.248 e. The lowest BCUT2D eigenvalue weighted by molar-refractivity contribution is -0.120. The summed E-state index contributed by atoms with van der Waals surface area (Å²) in [7, 11) is 0. The summed E-state index contributed by atoms with van der Waals surface area (Å²) >= 11 is 0. The molecular weight excluding hydrogens is 228 g/mol. The number of anilines is 1. The Balaban J connectivity index is 1.59. The summed E-state index contributed by atoms with van der Waals surface area (Å²) < 4.78 is 0. The normalized spacial score (nSPS) is 23.7. The number of carbonyl (C=O) groups excluding carboxylic acids is 1. The predicted octanol–water partition coefficient (Wildman–Crippen LogP) is 2.37. The molecule has 1 saturated carbocycles. The lowest BCUT2D eigenvalue weighted by Gasteiger charge is -2.22. The monoisotopic (exact) mass is 246 g/mol. The van der Waals surface area contributed by atoms with Crippen molar-refractivity contribution in [2.75, 3.05) is 5.32 Å². The van der Waals surface area contributed by atoms with E-state index in [1.165, 1.54) is 19.3 Å². The Labute approximate surface area is 106 Å². The molecule has 18 heavy (non-hydrogen) atoms. The van der Waals surface area contributed by atoms with Gasteiger partial charge in [-0.15, -0.1) is 5.10 Å². The lowest BCUT2D eigenvalue weighted by atomic mass is 9.85. The number of nitrogens with one attached hydrogen (secondary N) is 2. The van der Waals surface area contributed by atoms with Crippen molar-refractivity contribution in [2.24, 2.45) is 5.92 Å². The van der Waals surface area contributed by atoms with Crippen molar-refractivity contribution in [2.45, 2.75) is 44.4 Å². The molecule has 1 atom stereocenters. The fourth-order valence-electron chi connectivity index (χ4n) is 2.44. The van der Waals surface area contributed by atoms with Gasteiger partial charge in [0.15, 0.2) is 0 Å². The maximum Gasteiger partial charge on any atom is 0.248 e. The van der Waals surface area contributed by atoms with E-state index >= 15 is 0 Å². The fraction of sp³-hybridized carbons (Fsp3) is 0.615. The molecule has 2 aliphatic carbocycles. The Bertz CT molecular complexity index is 461. The molecule has 0 saturated heterocycles. The van der Waals surface area contributed by atoms with Gasteiger partial charge in [0.25, 0.3) is 0 Å². The molecule has 1 amide bonds. The van der Waals surface area contributed by atoms with Crippen LogP contribution in [-0.2, 0) is 4.79 Å². The van der Waals surface area contributed by atoms with E-state index in [1.807, 2.05) is 0 Å². The molecular formula is C13H18N4O. The Morgan fingerprint density at radius 1 is 1.33 bits per heavy atom. The summed E-state index contributed by atoms with van der Waals surface area (Å²) in [6, 6.07) is 0. The highest BCUT2D eigenvalue weighted by Gasteiger charge is 2.24. The van der Waals surface area contributed by atoms with E-state index in [9.17, 15) is 4.79 Å². The molecule has 1 heterocycles. The molecule has 2 N–H and O–H groups in total. The molecule has 0 aliphatic heterocycles. The Hall–Kier alpha value is -1.65. The standard InChI is InChI=1S/C13H18N4O/c18-12(10-5-2-1-3-6-10)15-13-14-11(16-17-13)9-7-4-8-9/h1-2,9-10H,3-8H2,(H2,14,15,16,17,18)/t10-/m0/s1. The molecule has 0 aromatic carbocycles. The molecule has 1 fully saturated rings. The minimum absolute atomic E-state index is 0.0403. The SMILES string of the molecule is O=C(Nc1n[nH]c(C2CCC2)n1)[C@H]1CC=CCC1. The van der Waals surface area contributed by atoms with E-state index in [0.717, 1.165) is 25.1 Å². The zero-order valence-electron chi connectivity index (χ0n) is 10.4. The van der Waals surface area contributed by atoms with Crippen LogP contribution in [0.1, 0.15) is 50.3 Å². The fourth-order valence-corrected chi connectivity index (χ4v) is 2.44. The topological polar surface area (TPSA) is 70.7 Å². The van der Waals surface area contributed by atoms with Crippen LogP contribution in [0.4, 0.5) is 5.95 Å². The first kappa shape index (κ1) is 11.4. The van der Waals surface area contributed by atoms with Crippen LogP contribution in [0.25, 0.3) is 0 Å². The number of rotatable bonds is 3. The second-order valence-electron chi connectivity index (χ2n) is 5.14. The van der Waals surface area contributed by atoms with Crippen molar-refractivity contribution < 1.29 is 4.79 Å². The number of nitrogens with zero attached hydrogens (tertiary/aromatic N) is 2. The second-order valence-corrected chi connectivity index (χ2v) is 5.14. The summed E-state index contributed by atoms with van der Waals surface area (Å²) in [5, 5.41) is 9.80. The van der Waals surface area contributed by atoms with Crippen molar-refractivity contribution in [1.29, 1.82) is 0 Å². The maximum atomic E-state index is 12.0. The van der Waals surface area contributed by atoms with Crippen molar-refractivity contribution in [1.82, 2.24) is 15.2 Å². The number of carbonyl (C=O) groups is 1. The molecule has 96 valence electrons. The van der Waals surface area contributed by atoms with Gasteiger partial charge in [-0.2, -0.15) is 4.98 Å². The molecule has 5 nitrogen and oxygen atoms in total. The minimum atomic E-state index is 0.0403. The average Bonchev–Trinajstić information content (AvgIpc) is 2.76. The van der Waals surface area contributed by atoms with Gasteiger partial charge in [0.1, 0.15) is 5.82 Å². The zero-order valence-corrected chi connectivity index (χ0v) is 10.4. The molecule has 1 aromatic heterocycles. The lowest BCUT2D eigenvalue weighted by Crippen LogP contribution is -2.24. The first-order valence-corrected chi connectivity index (χ1v) is 6.71. The van der Waals surface area contributed by atoms with Crippen LogP contribution in [0.2, 0.25) is 0 Å². The third-order valence-electron chi connectivity index (χ3n) is 3.87. The molecule has 1 aromatic rings. The van der Waals surface area contributed by atoms with Crippen molar-refractivity contribution in [3.63, 3.8) is 0 Å². The number of aromatic nitrogens is 3. The number of amides is 1. The summed E-state index contributed by atoms with van der Waals surface area (Å²) in [6.07, 6.45) is 10.6.